The van der Waals surface area contributed by atoms with Crippen LogP contribution in [0.1, 0.15) is 37.3 Å². The van der Waals surface area contributed by atoms with Crippen LogP contribution < -0.4 is 0 Å². The quantitative estimate of drug-likeness (QED) is 0.639. The van der Waals surface area contributed by atoms with E-state index in [0.29, 0.717) is 11.1 Å². The van der Waals surface area contributed by atoms with E-state index < -0.39 is 0 Å². The van der Waals surface area contributed by atoms with Crippen LogP contribution in [0.15, 0.2) is 12.3 Å². The van der Waals surface area contributed by atoms with E-state index >= 15 is 0 Å². The van der Waals surface area contributed by atoms with Gasteiger partial charge in [-0.3, -0.25) is 0 Å². The van der Waals surface area contributed by atoms with Gasteiger partial charge in [-0.1, -0.05) is 25.4 Å². The summed E-state index contributed by atoms with van der Waals surface area (Å²) >= 11 is 5.99. The Morgan fingerprint density at radius 3 is 2.75 bits per heavy atom. The molecule has 0 aromatic carbocycles. The van der Waals surface area contributed by atoms with Crippen molar-refractivity contribution in [3.8, 4) is 0 Å². The summed E-state index contributed by atoms with van der Waals surface area (Å²) < 4.78 is 0. The molecule has 0 aliphatic heterocycles. The Kier molecular flexibility index (Phi) is 3.10. The van der Waals surface area contributed by atoms with Gasteiger partial charge in [-0.05, 0) is 36.5 Å². The van der Waals surface area contributed by atoms with Crippen LogP contribution in [-0.2, 0) is 0 Å². The maximum Gasteiger partial charge on any atom is 0.132 e. The van der Waals surface area contributed by atoms with Crippen molar-refractivity contribution in [1.82, 2.24) is 4.98 Å². The van der Waals surface area contributed by atoms with Crippen molar-refractivity contribution >= 4 is 11.6 Å². The molecule has 0 saturated heterocycles. The molecule has 0 N–H and O–H groups in total. The molecule has 1 heterocycles. The lowest BCUT2D eigenvalue weighted by atomic mass is 9.96. The first-order chi connectivity index (χ1) is 5.66. The van der Waals surface area contributed by atoms with Crippen LogP contribution >= 0.6 is 11.6 Å². The lowest BCUT2D eigenvalue weighted by Gasteiger charge is -2.12. The Morgan fingerprint density at radius 1 is 1.58 bits per heavy atom. The largest absolute Gasteiger partial charge is 0.244 e. The Balaban J connectivity index is 3.12. The molecule has 0 saturated carbocycles. The van der Waals surface area contributed by atoms with Crippen molar-refractivity contribution in [2.75, 3.05) is 0 Å². The van der Waals surface area contributed by atoms with E-state index in [1.807, 2.05) is 6.07 Å². The summed E-state index contributed by atoms with van der Waals surface area (Å²) in [7, 11) is 0. The molecule has 1 aromatic rings. The molecule has 1 unspecified atom stereocenters. The number of pyridine rings is 1. The first-order valence-corrected chi connectivity index (χ1v) is 4.65. The van der Waals surface area contributed by atoms with Crippen LogP contribution in [-0.4, -0.2) is 4.98 Å². The predicted octanol–water partition coefficient (Wildman–Crippen LogP) is 3.56. The Hall–Kier alpha value is -0.560. The lowest BCUT2D eigenvalue weighted by molar-refractivity contribution is 0.724. The summed E-state index contributed by atoms with van der Waals surface area (Å²) in [6.07, 6.45) is 2.86. The first kappa shape index (κ1) is 9.53. The highest BCUT2D eigenvalue weighted by Gasteiger charge is 2.10. The number of aryl methyl sites for hydroxylation is 1. The molecule has 2 heteroatoms. The minimum Gasteiger partial charge on any atom is -0.244 e. The molecule has 0 aliphatic carbocycles. The van der Waals surface area contributed by atoms with Crippen LogP contribution in [0.2, 0.25) is 5.15 Å². The van der Waals surface area contributed by atoms with Gasteiger partial charge in [0.15, 0.2) is 0 Å². The van der Waals surface area contributed by atoms with E-state index in [-0.39, 0.29) is 0 Å². The van der Waals surface area contributed by atoms with Gasteiger partial charge in [0.25, 0.3) is 0 Å². The van der Waals surface area contributed by atoms with Gasteiger partial charge in [-0.2, -0.15) is 0 Å². The topological polar surface area (TPSA) is 12.9 Å². The molecule has 1 nitrogen and oxygen atoms in total. The molecule has 1 rings (SSSR count). The molecule has 1 atom stereocenters. The normalized spacial score (nSPS) is 13.0. The fourth-order valence-corrected chi connectivity index (χ4v) is 1.72. The van der Waals surface area contributed by atoms with Crippen LogP contribution in [0.5, 0.6) is 0 Å². The minimum atomic E-state index is 0.506. The zero-order valence-electron chi connectivity index (χ0n) is 7.76. The standard InChI is InChI=1S/C10H14ClN/c1-4-7(2)9-8(3)5-6-12-10(9)11/h5-7H,4H2,1-3H3. The first-order valence-electron chi connectivity index (χ1n) is 4.27. The van der Waals surface area contributed by atoms with E-state index in [9.17, 15) is 0 Å². The van der Waals surface area contributed by atoms with Gasteiger partial charge in [0.05, 0.1) is 0 Å². The zero-order chi connectivity index (χ0) is 9.14. The number of halogens is 1. The van der Waals surface area contributed by atoms with Crippen molar-refractivity contribution in [3.63, 3.8) is 0 Å². The number of rotatable bonds is 2. The van der Waals surface area contributed by atoms with Crippen LogP contribution in [0, 0.1) is 6.92 Å². The second-order valence-corrected chi connectivity index (χ2v) is 3.50. The molecule has 0 fully saturated rings. The Morgan fingerprint density at radius 2 is 2.25 bits per heavy atom. The van der Waals surface area contributed by atoms with Gasteiger partial charge in [0.1, 0.15) is 5.15 Å². The summed E-state index contributed by atoms with van der Waals surface area (Å²) in [5.74, 6) is 0.506. The SMILES string of the molecule is CCC(C)c1c(C)ccnc1Cl. The Bertz CT molecular complexity index is 250. The molecular formula is C10H14ClN. The van der Waals surface area contributed by atoms with Gasteiger partial charge < -0.3 is 0 Å². The third-order valence-corrected chi connectivity index (χ3v) is 2.57. The number of hydrogen-bond donors (Lipinski definition) is 0. The van der Waals surface area contributed by atoms with Crippen LogP contribution in [0.25, 0.3) is 0 Å². The average molecular weight is 184 g/mol. The van der Waals surface area contributed by atoms with E-state index in [2.05, 4.69) is 25.8 Å². The van der Waals surface area contributed by atoms with Gasteiger partial charge in [0, 0.05) is 6.20 Å². The lowest BCUT2D eigenvalue weighted by Crippen LogP contribution is -1.97. The second-order valence-electron chi connectivity index (χ2n) is 3.14. The molecule has 66 valence electrons. The third-order valence-electron chi connectivity index (χ3n) is 2.26. The molecule has 12 heavy (non-hydrogen) atoms. The van der Waals surface area contributed by atoms with E-state index in [4.69, 9.17) is 11.6 Å². The van der Waals surface area contributed by atoms with Crippen LogP contribution in [0.3, 0.4) is 0 Å². The Labute approximate surface area is 78.8 Å². The van der Waals surface area contributed by atoms with Crippen molar-refractivity contribution < 1.29 is 0 Å². The monoisotopic (exact) mass is 183 g/mol. The highest BCUT2D eigenvalue weighted by molar-refractivity contribution is 6.30. The molecule has 0 radical (unpaired) electrons. The maximum absolute atomic E-state index is 5.99. The van der Waals surface area contributed by atoms with Gasteiger partial charge in [-0.15, -0.1) is 0 Å². The van der Waals surface area contributed by atoms with E-state index in [0.717, 1.165) is 6.42 Å². The molecule has 0 bridgehead atoms. The third kappa shape index (κ3) is 1.78. The predicted molar refractivity (Wildman–Crippen MR) is 52.7 cm³/mol. The smallest absolute Gasteiger partial charge is 0.132 e. The second kappa shape index (κ2) is 3.90. The molecule has 1 aromatic heterocycles. The van der Waals surface area contributed by atoms with Crippen LogP contribution in [0.4, 0.5) is 0 Å². The van der Waals surface area contributed by atoms with Crippen molar-refractivity contribution in [1.29, 1.82) is 0 Å². The average Bonchev–Trinajstić information content (AvgIpc) is 2.03. The molecule has 0 aliphatic rings. The maximum atomic E-state index is 5.99. The molecular weight excluding hydrogens is 170 g/mol. The number of aromatic nitrogens is 1. The van der Waals surface area contributed by atoms with Crippen molar-refractivity contribution in [2.24, 2.45) is 0 Å². The fraction of sp³-hybridized carbons (Fsp3) is 0.500. The minimum absolute atomic E-state index is 0.506. The highest BCUT2D eigenvalue weighted by Crippen LogP contribution is 2.27. The van der Waals surface area contributed by atoms with Crippen molar-refractivity contribution in [3.05, 3.63) is 28.5 Å². The summed E-state index contributed by atoms with van der Waals surface area (Å²) in [6, 6.07) is 2.01. The van der Waals surface area contributed by atoms with Gasteiger partial charge in [0.2, 0.25) is 0 Å². The summed E-state index contributed by atoms with van der Waals surface area (Å²) in [5, 5.41) is 0.657. The zero-order valence-corrected chi connectivity index (χ0v) is 8.52. The highest BCUT2D eigenvalue weighted by atomic mass is 35.5. The number of nitrogens with zero attached hydrogens (tertiary/aromatic N) is 1. The fourth-order valence-electron chi connectivity index (χ4n) is 1.33. The number of hydrogen-bond acceptors (Lipinski definition) is 1. The molecule has 0 spiro atoms. The summed E-state index contributed by atoms with van der Waals surface area (Å²) in [5.41, 5.74) is 2.44. The summed E-state index contributed by atoms with van der Waals surface area (Å²) in [6.45, 7) is 6.42. The van der Waals surface area contributed by atoms with Gasteiger partial charge in [-0.25, -0.2) is 4.98 Å². The van der Waals surface area contributed by atoms with E-state index in [1.54, 1.807) is 6.20 Å². The van der Waals surface area contributed by atoms with Crippen molar-refractivity contribution in [2.45, 2.75) is 33.1 Å². The van der Waals surface area contributed by atoms with Gasteiger partial charge >= 0.3 is 0 Å². The molecule has 0 amide bonds. The summed E-state index contributed by atoms with van der Waals surface area (Å²) in [4.78, 5) is 4.07. The van der Waals surface area contributed by atoms with E-state index in [1.165, 1.54) is 11.1 Å².